The average Bonchev–Trinajstić information content (AvgIpc) is 2.01. The summed E-state index contributed by atoms with van der Waals surface area (Å²) in [5, 5.41) is 6.23. The molecule has 7 heteroatoms. The maximum Gasteiger partial charge on any atom is 1.00 e. The van der Waals surface area contributed by atoms with E-state index in [4.69, 9.17) is 11.6 Å². The molecule has 1 heterocycles. The van der Waals surface area contributed by atoms with Gasteiger partial charge in [-0.1, -0.05) is 0 Å². The largest absolute Gasteiger partial charge is 1.00 e. The minimum absolute atomic E-state index is 0. The standard InChI is InChI=1S/C8H14ClN5.Na.H/c1-4-10-7-12-6(9)13-8(14-7)11-5(2)3;;/h5H,4H2,1-3H3,(H2,10,11,12,13,14);;/q;+1;-1. The second-order valence-corrected chi connectivity index (χ2v) is 3.42. The molecule has 0 aliphatic carbocycles. The normalized spacial score (nSPS) is 9.67. The molecule has 5 nitrogen and oxygen atoms in total. The average molecular weight is 240 g/mol. The van der Waals surface area contributed by atoms with Crippen molar-refractivity contribution < 1.29 is 31.0 Å². The molecule has 0 saturated carbocycles. The Kier molecular flexibility index (Phi) is 7.17. The molecule has 0 aromatic carbocycles. The van der Waals surface area contributed by atoms with E-state index in [-0.39, 0.29) is 42.3 Å². The van der Waals surface area contributed by atoms with Crippen LogP contribution in [0.2, 0.25) is 5.28 Å². The van der Waals surface area contributed by atoms with Gasteiger partial charge in [0.1, 0.15) is 0 Å². The van der Waals surface area contributed by atoms with Crippen LogP contribution in [0.4, 0.5) is 11.9 Å². The summed E-state index contributed by atoms with van der Waals surface area (Å²) in [6.07, 6.45) is 0. The van der Waals surface area contributed by atoms with Crippen molar-refractivity contribution in [3.63, 3.8) is 0 Å². The van der Waals surface area contributed by atoms with Crippen molar-refractivity contribution in [3.05, 3.63) is 5.28 Å². The molecule has 0 unspecified atom stereocenters. The van der Waals surface area contributed by atoms with Gasteiger partial charge in [0.15, 0.2) is 0 Å². The number of halogens is 1. The molecular weight excluding hydrogens is 225 g/mol. The Balaban J connectivity index is 0. The van der Waals surface area contributed by atoms with Crippen LogP contribution in [-0.4, -0.2) is 27.5 Å². The van der Waals surface area contributed by atoms with Gasteiger partial charge in [0.25, 0.3) is 0 Å². The van der Waals surface area contributed by atoms with E-state index in [9.17, 15) is 0 Å². The van der Waals surface area contributed by atoms with E-state index in [0.717, 1.165) is 6.54 Å². The van der Waals surface area contributed by atoms with Gasteiger partial charge in [-0.15, -0.1) is 0 Å². The molecule has 1 rings (SSSR count). The van der Waals surface area contributed by atoms with Crippen LogP contribution in [0.1, 0.15) is 22.2 Å². The Morgan fingerprint density at radius 2 is 1.87 bits per heavy atom. The van der Waals surface area contributed by atoms with Crippen LogP contribution >= 0.6 is 11.6 Å². The van der Waals surface area contributed by atoms with Gasteiger partial charge in [-0.25, -0.2) is 0 Å². The number of rotatable bonds is 4. The van der Waals surface area contributed by atoms with Gasteiger partial charge in [-0.05, 0) is 32.4 Å². The number of nitrogens with one attached hydrogen (secondary N) is 2. The van der Waals surface area contributed by atoms with Gasteiger partial charge in [0.2, 0.25) is 17.2 Å². The minimum atomic E-state index is 0. The number of aromatic nitrogens is 3. The first-order valence-corrected chi connectivity index (χ1v) is 4.91. The van der Waals surface area contributed by atoms with Crippen LogP contribution in [0.25, 0.3) is 0 Å². The number of hydrogen-bond acceptors (Lipinski definition) is 5. The molecule has 1 aromatic heterocycles. The summed E-state index contributed by atoms with van der Waals surface area (Å²) in [5.74, 6) is 0.992. The molecule has 80 valence electrons. The quantitative estimate of drug-likeness (QED) is 0.653. The van der Waals surface area contributed by atoms with E-state index in [2.05, 4.69) is 25.6 Å². The van der Waals surface area contributed by atoms with Gasteiger partial charge >= 0.3 is 29.6 Å². The maximum atomic E-state index is 5.73. The molecule has 1 aromatic rings. The number of anilines is 2. The van der Waals surface area contributed by atoms with Crippen LogP contribution in [0.3, 0.4) is 0 Å². The third-order valence-electron chi connectivity index (χ3n) is 1.36. The Morgan fingerprint density at radius 1 is 1.27 bits per heavy atom. The SMILES string of the molecule is CCNc1nc(Cl)nc(NC(C)C)n1.[H-].[Na+]. The zero-order valence-electron chi connectivity index (χ0n) is 10.5. The molecule has 15 heavy (non-hydrogen) atoms. The van der Waals surface area contributed by atoms with Gasteiger partial charge in [-0.2, -0.15) is 15.0 Å². The maximum absolute atomic E-state index is 5.73. The Morgan fingerprint density at radius 3 is 2.40 bits per heavy atom. The Bertz CT molecular complexity index is 312. The van der Waals surface area contributed by atoms with Crippen molar-refractivity contribution in [2.24, 2.45) is 0 Å². The third-order valence-corrected chi connectivity index (χ3v) is 1.53. The second kappa shape index (κ2) is 7.22. The molecule has 0 saturated heterocycles. The van der Waals surface area contributed by atoms with Crippen LogP contribution in [-0.2, 0) is 0 Å². The van der Waals surface area contributed by atoms with E-state index < -0.39 is 0 Å². The fraction of sp³-hybridized carbons (Fsp3) is 0.625. The van der Waals surface area contributed by atoms with Crippen molar-refractivity contribution in [1.82, 2.24) is 15.0 Å². The van der Waals surface area contributed by atoms with Crippen molar-refractivity contribution in [1.29, 1.82) is 0 Å². The summed E-state index contributed by atoms with van der Waals surface area (Å²) in [4.78, 5) is 12.0. The topological polar surface area (TPSA) is 62.7 Å². The summed E-state index contributed by atoms with van der Waals surface area (Å²) >= 11 is 5.73. The summed E-state index contributed by atoms with van der Waals surface area (Å²) in [6, 6.07) is 0.267. The van der Waals surface area contributed by atoms with Gasteiger partial charge in [0.05, 0.1) is 0 Å². The second-order valence-electron chi connectivity index (χ2n) is 3.08. The number of nitrogens with zero attached hydrogens (tertiary/aromatic N) is 3. The van der Waals surface area contributed by atoms with E-state index >= 15 is 0 Å². The van der Waals surface area contributed by atoms with Crippen LogP contribution in [0.15, 0.2) is 0 Å². The molecule has 0 atom stereocenters. The fourth-order valence-corrected chi connectivity index (χ4v) is 1.07. The molecule has 0 aliphatic rings. The number of hydrogen-bond donors (Lipinski definition) is 2. The Hall–Kier alpha value is -0.100. The molecule has 0 radical (unpaired) electrons. The third kappa shape index (κ3) is 5.51. The van der Waals surface area contributed by atoms with Crippen molar-refractivity contribution in [3.8, 4) is 0 Å². The summed E-state index contributed by atoms with van der Waals surface area (Å²) in [6.45, 7) is 6.73. The van der Waals surface area contributed by atoms with Crippen LogP contribution in [0, 0.1) is 0 Å². The minimum Gasteiger partial charge on any atom is -1.00 e. The van der Waals surface area contributed by atoms with Gasteiger partial charge < -0.3 is 12.1 Å². The summed E-state index contributed by atoms with van der Waals surface area (Å²) in [7, 11) is 0. The summed E-state index contributed by atoms with van der Waals surface area (Å²) in [5.41, 5.74) is 0. The van der Waals surface area contributed by atoms with Crippen molar-refractivity contribution in [2.75, 3.05) is 17.2 Å². The predicted molar refractivity (Wildman–Crippen MR) is 58.9 cm³/mol. The van der Waals surface area contributed by atoms with E-state index in [1.807, 2.05) is 20.8 Å². The molecule has 0 aliphatic heterocycles. The molecule has 2 N–H and O–H groups in total. The first-order valence-electron chi connectivity index (χ1n) is 4.53. The van der Waals surface area contributed by atoms with Gasteiger partial charge in [-0.3, -0.25) is 0 Å². The van der Waals surface area contributed by atoms with Crippen LogP contribution in [0.5, 0.6) is 0 Å². The van der Waals surface area contributed by atoms with Crippen molar-refractivity contribution >= 4 is 23.5 Å². The first kappa shape index (κ1) is 14.9. The van der Waals surface area contributed by atoms with Crippen LogP contribution < -0.4 is 40.2 Å². The van der Waals surface area contributed by atoms with E-state index in [1.165, 1.54) is 0 Å². The smallest absolute Gasteiger partial charge is 1.00 e. The fourth-order valence-electron chi connectivity index (χ4n) is 0.910. The van der Waals surface area contributed by atoms with E-state index in [1.54, 1.807) is 0 Å². The van der Waals surface area contributed by atoms with Crippen molar-refractivity contribution in [2.45, 2.75) is 26.8 Å². The Labute approximate surface area is 118 Å². The molecule has 0 amide bonds. The monoisotopic (exact) mass is 239 g/mol. The zero-order chi connectivity index (χ0) is 10.6. The molecule has 0 spiro atoms. The first-order chi connectivity index (χ1) is 6.61. The molecule has 0 fully saturated rings. The summed E-state index contributed by atoms with van der Waals surface area (Å²) < 4.78 is 0. The van der Waals surface area contributed by atoms with Gasteiger partial charge in [0, 0.05) is 12.6 Å². The zero-order valence-corrected chi connectivity index (χ0v) is 12.3. The predicted octanol–water partition coefficient (Wildman–Crippen LogP) is -1.11. The molecule has 0 bridgehead atoms. The van der Waals surface area contributed by atoms with E-state index in [0.29, 0.717) is 11.9 Å². The molecular formula is C8H15ClN5Na.